The molecule has 31 heavy (non-hydrogen) atoms. The molecule has 0 unspecified atom stereocenters. The number of aliphatic hydroxyl groups is 1. The average molecular weight is 462 g/mol. The molecular formula is C23H25Cl2N3O3. The summed E-state index contributed by atoms with van der Waals surface area (Å²) in [7, 11) is 1.81. The van der Waals surface area contributed by atoms with Gasteiger partial charge in [-0.2, -0.15) is 0 Å². The van der Waals surface area contributed by atoms with Crippen LogP contribution in [0.25, 0.3) is 0 Å². The molecule has 0 saturated carbocycles. The Labute approximate surface area is 191 Å². The smallest absolute Gasteiger partial charge is 0.324 e. The van der Waals surface area contributed by atoms with E-state index in [2.05, 4.69) is 4.90 Å². The molecule has 0 radical (unpaired) electrons. The van der Waals surface area contributed by atoms with Crippen molar-refractivity contribution < 1.29 is 14.6 Å². The third-order valence-electron chi connectivity index (χ3n) is 6.56. The minimum Gasteiger partial charge on any atom is -0.484 e. The van der Waals surface area contributed by atoms with Crippen LogP contribution in [0, 0.1) is 0 Å². The predicted octanol–water partition coefficient (Wildman–Crippen LogP) is 3.98. The van der Waals surface area contributed by atoms with Gasteiger partial charge in [-0.3, -0.25) is 9.80 Å². The SMILES string of the molecule is CN1CCN(c2ccc(O[C@H]3c4cc(Cl)cc(Cl)c4C[C@@H]3N3CC[C@@H](O)C3)cc2)C1=O. The Morgan fingerprint density at radius 3 is 2.52 bits per heavy atom. The summed E-state index contributed by atoms with van der Waals surface area (Å²) in [6, 6.07) is 11.4. The number of hydrogen-bond acceptors (Lipinski definition) is 4. The number of benzene rings is 2. The normalized spacial score (nSPS) is 26.1. The van der Waals surface area contributed by atoms with Gasteiger partial charge in [0.05, 0.1) is 12.1 Å². The monoisotopic (exact) mass is 461 g/mol. The number of fused-ring (bicyclic) bond motifs is 1. The molecule has 2 aliphatic heterocycles. The van der Waals surface area contributed by atoms with Crippen LogP contribution < -0.4 is 9.64 Å². The van der Waals surface area contributed by atoms with E-state index in [9.17, 15) is 9.90 Å². The molecule has 3 atom stereocenters. The second-order valence-electron chi connectivity index (χ2n) is 8.55. The summed E-state index contributed by atoms with van der Waals surface area (Å²) < 4.78 is 6.48. The van der Waals surface area contributed by atoms with Crippen LogP contribution in [-0.2, 0) is 6.42 Å². The summed E-state index contributed by atoms with van der Waals surface area (Å²) in [6.07, 6.45) is 0.983. The van der Waals surface area contributed by atoms with Gasteiger partial charge in [-0.15, -0.1) is 0 Å². The van der Waals surface area contributed by atoms with Crippen LogP contribution in [0.5, 0.6) is 5.75 Å². The maximum absolute atomic E-state index is 12.3. The van der Waals surface area contributed by atoms with Gasteiger partial charge in [-0.05, 0) is 54.8 Å². The molecule has 8 heteroatoms. The molecule has 1 aliphatic carbocycles. The number of carbonyl (C=O) groups is 1. The van der Waals surface area contributed by atoms with Gasteiger partial charge >= 0.3 is 6.03 Å². The molecule has 0 bridgehead atoms. The van der Waals surface area contributed by atoms with Gasteiger partial charge in [0.15, 0.2) is 0 Å². The zero-order chi connectivity index (χ0) is 21.7. The van der Waals surface area contributed by atoms with Gasteiger partial charge in [0.2, 0.25) is 0 Å². The fraction of sp³-hybridized carbons (Fsp3) is 0.435. The van der Waals surface area contributed by atoms with Crippen molar-refractivity contribution in [1.29, 1.82) is 0 Å². The third-order valence-corrected chi connectivity index (χ3v) is 7.11. The van der Waals surface area contributed by atoms with E-state index >= 15 is 0 Å². The lowest BCUT2D eigenvalue weighted by Gasteiger charge is -2.30. The van der Waals surface area contributed by atoms with E-state index in [1.54, 1.807) is 15.9 Å². The quantitative estimate of drug-likeness (QED) is 0.747. The number of ether oxygens (including phenoxy) is 1. The lowest BCUT2D eigenvalue weighted by molar-refractivity contribution is 0.0818. The van der Waals surface area contributed by atoms with Gasteiger partial charge < -0.3 is 14.7 Å². The predicted molar refractivity (Wildman–Crippen MR) is 121 cm³/mol. The van der Waals surface area contributed by atoms with E-state index < -0.39 is 0 Å². The Morgan fingerprint density at radius 1 is 1.10 bits per heavy atom. The fourth-order valence-electron chi connectivity index (χ4n) is 4.89. The van der Waals surface area contributed by atoms with Crippen LogP contribution in [0.2, 0.25) is 10.0 Å². The molecule has 2 heterocycles. The zero-order valence-corrected chi connectivity index (χ0v) is 18.8. The minimum atomic E-state index is -0.307. The Bertz CT molecular complexity index is 1000. The first-order chi connectivity index (χ1) is 14.9. The summed E-state index contributed by atoms with van der Waals surface area (Å²) in [4.78, 5) is 18.0. The van der Waals surface area contributed by atoms with Crippen LogP contribution in [-0.4, -0.2) is 66.3 Å². The van der Waals surface area contributed by atoms with Crippen molar-refractivity contribution in [3.8, 4) is 5.75 Å². The highest BCUT2D eigenvalue weighted by atomic mass is 35.5. The number of anilines is 1. The number of aliphatic hydroxyl groups excluding tert-OH is 1. The van der Waals surface area contributed by atoms with Crippen molar-refractivity contribution in [3.63, 3.8) is 0 Å². The number of β-amino-alcohol motifs (C(OH)–C–C–N with tert-alkyl or cyclic N) is 1. The lowest BCUT2D eigenvalue weighted by atomic mass is 10.1. The molecule has 2 aromatic carbocycles. The van der Waals surface area contributed by atoms with E-state index in [0.29, 0.717) is 23.1 Å². The first-order valence-electron chi connectivity index (χ1n) is 10.6. The topological polar surface area (TPSA) is 56.3 Å². The molecule has 164 valence electrons. The number of hydrogen-bond donors (Lipinski definition) is 1. The van der Waals surface area contributed by atoms with Gasteiger partial charge in [-0.1, -0.05) is 23.2 Å². The van der Waals surface area contributed by atoms with Gasteiger partial charge in [-0.25, -0.2) is 4.79 Å². The molecule has 2 amide bonds. The summed E-state index contributed by atoms with van der Waals surface area (Å²) in [5.74, 6) is 0.724. The highest BCUT2D eigenvalue weighted by Gasteiger charge is 2.41. The van der Waals surface area contributed by atoms with Crippen molar-refractivity contribution >= 4 is 34.9 Å². The summed E-state index contributed by atoms with van der Waals surface area (Å²) in [6.45, 7) is 2.87. The number of amides is 2. The number of likely N-dealkylation sites (tertiary alicyclic amines) is 1. The highest BCUT2D eigenvalue weighted by molar-refractivity contribution is 6.35. The molecule has 3 aliphatic rings. The molecule has 2 aromatic rings. The Balaban J connectivity index is 1.41. The van der Waals surface area contributed by atoms with Crippen LogP contribution >= 0.6 is 23.2 Å². The van der Waals surface area contributed by atoms with Gasteiger partial charge in [0.25, 0.3) is 0 Å². The Hall–Kier alpha value is -1.99. The van der Waals surface area contributed by atoms with E-state index in [1.807, 2.05) is 37.4 Å². The number of halogens is 2. The zero-order valence-electron chi connectivity index (χ0n) is 17.3. The van der Waals surface area contributed by atoms with Crippen molar-refractivity contribution in [1.82, 2.24) is 9.80 Å². The highest BCUT2D eigenvalue weighted by Crippen LogP contribution is 2.43. The van der Waals surface area contributed by atoms with Crippen molar-refractivity contribution in [2.24, 2.45) is 0 Å². The second kappa shape index (κ2) is 8.17. The first kappa shape index (κ1) is 20.9. The Kier molecular flexibility index (Phi) is 5.51. The van der Waals surface area contributed by atoms with E-state index in [0.717, 1.165) is 48.5 Å². The van der Waals surface area contributed by atoms with Gasteiger partial charge in [0.1, 0.15) is 11.9 Å². The second-order valence-corrected chi connectivity index (χ2v) is 9.40. The van der Waals surface area contributed by atoms with Crippen molar-refractivity contribution in [2.45, 2.75) is 31.1 Å². The van der Waals surface area contributed by atoms with Crippen LogP contribution in [0.3, 0.4) is 0 Å². The lowest BCUT2D eigenvalue weighted by Crippen LogP contribution is -2.39. The molecule has 5 rings (SSSR count). The molecule has 6 nitrogen and oxygen atoms in total. The maximum atomic E-state index is 12.3. The van der Waals surface area contributed by atoms with E-state index in [4.69, 9.17) is 27.9 Å². The molecule has 0 spiro atoms. The van der Waals surface area contributed by atoms with Gasteiger partial charge in [0, 0.05) is 54.5 Å². The summed E-state index contributed by atoms with van der Waals surface area (Å²) in [5, 5.41) is 11.3. The summed E-state index contributed by atoms with van der Waals surface area (Å²) in [5.41, 5.74) is 2.92. The molecule has 1 N–H and O–H groups in total. The number of nitrogens with zero attached hydrogens (tertiary/aromatic N) is 3. The molecule has 0 aromatic heterocycles. The van der Waals surface area contributed by atoms with E-state index in [-0.39, 0.29) is 24.3 Å². The standard InChI is InChI=1S/C23H25Cl2N3O3/c1-26-8-9-28(23(26)30)15-2-4-17(5-3-15)31-22-19-10-14(24)11-20(25)18(19)12-21(22)27-7-6-16(29)13-27/h2-5,10-11,16,21-22,29H,6-9,12-13H2,1H3/t16-,21+,22+/m1/s1. The molecule has 2 saturated heterocycles. The largest absolute Gasteiger partial charge is 0.484 e. The van der Waals surface area contributed by atoms with Crippen LogP contribution in [0.1, 0.15) is 23.7 Å². The molecule has 2 fully saturated rings. The Morgan fingerprint density at radius 2 is 1.87 bits per heavy atom. The average Bonchev–Trinajstić information content (AvgIpc) is 3.42. The van der Waals surface area contributed by atoms with Crippen LogP contribution in [0.4, 0.5) is 10.5 Å². The fourth-order valence-corrected chi connectivity index (χ4v) is 5.47. The number of carbonyl (C=O) groups excluding carboxylic acids is 1. The number of rotatable bonds is 4. The van der Waals surface area contributed by atoms with E-state index in [1.165, 1.54) is 0 Å². The van der Waals surface area contributed by atoms with Crippen LogP contribution in [0.15, 0.2) is 36.4 Å². The first-order valence-corrected chi connectivity index (χ1v) is 11.4. The number of urea groups is 1. The summed E-state index contributed by atoms with van der Waals surface area (Å²) >= 11 is 12.8. The maximum Gasteiger partial charge on any atom is 0.324 e. The molecular weight excluding hydrogens is 437 g/mol. The third kappa shape index (κ3) is 3.87. The van der Waals surface area contributed by atoms with Crippen molar-refractivity contribution in [3.05, 3.63) is 57.6 Å². The minimum absolute atomic E-state index is 0.00956. The number of likely N-dealkylation sites (N-methyl/N-ethyl adjacent to an activating group) is 1. The van der Waals surface area contributed by atoms with Crippen molar-refractivity contribution in [2.75, 3.05) is 38.1 Å².